The number of amides is 1. The molecule has 0 spiro atoms. The SMILES string of the molecule is CC1=NN(c2ccccc2)C(=O)/C1=C/c1coc2ccc(Cl)cc2c1=O. The van der Waals surface area contributed by atoms with Crippen LogP contribution in [0.5, 0.6) is 0 Å². The van der Waals surface area contributed by atoms with Gasteiger partial charge in [0.15, 0.2) is 5.43 Å². The summed E-state index contributed by atoms with van der Waals surface area (Å²) < 4.78 is 5.50. The molecule has 0 saturated carbocycles. The van der Waals surface area contributed by atoms with E-state index < -0.39 is 0 Å². The van der Waals surface area contributed by atoms with Gasteiger partial charge in [0.1, 0.15) is 11.8 Å². The Hall–Kier alpha value is -3.18. The van der Waals surface area contributed by atoms with E-state index in [-0.39, 0.29) is 16.9 Å². The topological polar surface area (TPSA) is 62.9 Å². The van der Waals surface area contributed by atoms with Gasteiger partial charge in [0.2, 0.25) is 0 Å². The van der Waals surface area contributed by atoms with Gasteiger partial charge in [-0.05, 0) is 43.3 Å². The van der Waals surface area contributed by atoms with Crippen LogP contribution >= 0.6 is 11.6 Å². The van der Waals surface area contributed by atoms with Crippen molar-refractivity contribution in [2.24, 2.45) is 5.10 Å². The molecule has 1 amide bonds. The molecule has 0 radical (unpaired) electrons. The molecule has 2 aromatic carbocycles. The zero-order chi connectivity index (χ0) is 18.3. The molecule has 0 bridgehead atoms. The maximum absolute atomic E-state index is 12.7. The Balaban J connectivity index is 1.79. The van der Waals surface area contributed by atoms with E-state index in [1.54, 1.807) is 37.3 Å². The number of rotatable bonds is 2. The molecular formula is C20H13ClN2O3. The van der Waals surface area contributed by atoms with E-state index in [2.05, 4.69) is 5.10 Å². The highest BCUT2D eigenvalue weighted by Crippen LogP contribution is 2.25. The first-order valence-electron chi connectivity index (χ1n) is 7.92. The number of halogens is 1. The van der Waals surface area contributed by atoms with Gasteiger partial charge in [-0.3, -0.25) is 9.59 Å². The number of carbonyl (C=O) groups excluding carboxylic acids is 1. The van der Waals surface area contributed by atoms with Crippen molar-refractivity contribution in [1.82, 2.24) is 0 Å². The quantitative estimate of drug-likeness (QED) is 0.638. The zero-order valence-electron chi connectivity index (χ0n) is 13.8. The van der Waals surface area contributed by atoms with Crippen LogP contribution in [0, 0.1) is 0 Å². The summed E-state index contributed by atoms with van der Waals surface area (Å²) in [5, 5.41) is 6.43. The molecule has 1 aromatic heterocycles. The molecule has 26 heavy (non-hydrogen) atoms. The lowest BCUT2D eigenvalue weighted by Gasteiger charge is -2.10. The van der Waals surface area contributed by atoms with E-state index in [1.807, 2.05) is 18.2 Å². The number of hydrogen-bond donors (Lipinski definition) is 0. The van der Waals surface area contributed by atoms with E-state index >= 15 is 0 Å². The highest BCUT2D eigenvalue weighted by Gasteiger charge is 2.28. The first-order valence-corrected chi connectivity index (χ1v) is 8.30. The molecule has 2 heterocycles. The number of fused-ring (bicyclic) bond motifs is 1. The molecule has 0 aliphatic carbocycles. The third-order valence-corrected chi connectivity index (χ3v) is 4.36. The van der Waals surface area contributed by atoms with Crippen LogP contribution in [0.4, 0.5) is 5.69 Å². The molecule has 0 saturated heterocycles. The highest BCUT2D eigenvalue weighted by molar-refractivity contribution is 6.32. The first-order chi connectivity index (χ1) is 12.5. The predicted octanol–water partition coefficient (Wildman–Crippen LogP) is 4.25. The van der Waals surface area contributed by atoms with Crippen molar-refractivity contribution in [2.45, 2.75) is 6.92 Å². The summed E-state index contributed by atoms with van der Waals surface area (Å²) in [6.45, 7) is 1.73. The van der Waals surface area contributed by atoms with Crippen molar-refractivity contribution in [2.75, 3.05) is 5.01 Å². The summed E-state index contributed by atoms with van der Waals surface area (Å²) in [6.07, 6.45) is 2.85. The van der Waals surface area contributed by atoms with Crippen LogP contribution in [0.15, 0.2) is 74.7 Å². The first kappa shape index (κ1) is 16.3. The summed E-state index contributed by atoms with van der Waals surface area (Å²) in [7, 11) is 0. The summed E-state index contributed by atoms with van der Waals surface area (Å²) in [5.74, 6) is -0.292. The predicted molar refractivity (Wildman–Crippen MR) is 103 cm³/mol. The van der Waals surface area contributed by atoms with Crippen LogP contribution in [0.3, 0.4) is 0 Å². The molecule has 1 aliphatic rings. The van der Waals surface area contributed by atoms with Crippen LogP contribution in [-0.2, 0) is 4.79 Å². The number of benzene rings is 2. The standard InChI is InChI=1S/C20H13ClN2O3/c1-12-16(20(25)23(22-12)15-5-3-2-4-6-15)9-13-11-26-18-8-7-14(21)10-17(18)19(13)24/h2-11H,1H3/b16-9+. The number of carbonyl (C=O) groups is 1. The van der Waals surface area contributed by atoms with Crippen LogP contribution in [-0.4, -0.2) is 11.6 Å². The second-order valence-corrected chi connectivity index (χ2v) is 6.29. The Morgan fingerprint density at radius 3 is 2.65 bits per heavy atom. The summed E-state index contributed by atoms with van der Waals surface area (Å²) >= 11 is 5.97. The minimum absolute atomic E-state index is 0.250. The number of hydrazone groups is 1. The summed E-state index contributed by atoms with van der Waals surface area (Å²) in [5.41, 5.74) is 2.01. The van der Waals surface area contributed by atoms with Gasteiger partial charge < -0.3 is 4.42 Å². The largest absolute Gasteiger partial charge is 0.463 e. The lowest BCUT2D eigenvalue weighted by Crippen LogP contribution is -2.21. The van der Waals surface area contributed by atoms with Crippen LogP contribution < -0.4 is 10.4 Å². The van der Waals surface area contributed by atoms with Crippen LogP contribution in [0.25, 0.3) is 17.0 Å². The monoisotopic (exact) mass is 364 g/mol. The third kappa shape index (κ3) is 2.72. The van der Waals surface area contributed by atoms with Gasteiger partial charge in [-0.25, -0.2) is 0 Å². The third-order valence-electron chi connectivity index (χ3n) is 4.12. The number of para-hydroxylation sites is 1. The van der Waals surface area contributed by atoms with Gasteiger partial charge in [0, 0.05) is 5.02 Å². The average molecular weight is 365 g/mol. The van der Waals surface area contributed by atoms with E-state index in [0.29, 0.717) is 33.0 Å². The number of hydrogen-bond acceptors (Lipinski definition) is 4. The van der Waals surface area contributed by atoms with Gasteiger partial charge in [-0.2, -0.15) is 10.1 Å². The van der Waals surface area contributed by atoms with E-state index in [0.717, 1.165) is 0 Å². The molecule has 4 rings (SSSR count). The van der Waals surface area contributed by atoms with Gasteiger partial charge in [0.25, 0.3) is 5.91 Å². The normalized spacial score (nSPS) is 15.8. The molecule has 0 N–H and O–H groups in total. The Morgan fingerprint density at radius 1 is 1.12 bits per heavy atom. The average Bonchev–Trinajstić information content (AvgIpc) is 2.93. The lowest BCUT2D eigenvalue weighted by atomic mass is 10.1. The van der Waals surface area contributed by atoms with Gasteiger partial charge in [-0.15, -0.1) is 0 Å². The van der Waals surface area contributed by atoms with E-state index in [9.17, 15) is 9.59 Å². The second kappa shape index (κ2) is 6.28. The van der Waals surface area contributed by atoms with Gasteiger partial charge in [-0.1, -0.05) is 29.8 Å². The van der Waals surface area contributed by atoms with Crippen molar-refractivity contribution >= 4 is 46.0 Å². The fraction of sp³-hybridized carbons (Fsp3) is 0.0500. The molecule has 1 aliphatic heterocycles. The molecular weight excluding hydrogens is 352 g/mol. The van der Waals surface area contributed by atoms with Crippen molar-refractivity contribution in [3.63, 3.8) is 0 Å². The highest BCUT2D eigenvalue weighted by atomic mass is 35.5. The number of anilines is 1. The minimum atomic E-state index is -0.292. The number of nitrogens with zero attached hydrogens (tertiary/aromatic N) is 2. The molecule has 0 fully saturated rings. The fourth-order valence-electron chi connectivity index (χ4n) is 2.80. The Morgan fingerprint density at radius 2 is 1.88 bits per heavy atom. The summed E-state index contributed by atoms with van der Waals surface area (Å²) in [4.78, 5) is 25.4. The molecule has 5 nitrogen and oxygen atoms in total. The molecule has 128 valence electrons. The van der Waals surface area contributed by atoms with Crippen LogP contribution in [0.2, 0.25) is 5.02 Å². The summed E-state index contributed by atoms with van der Waals surface area (Å²) in [6, 6.07) is 14.0. The smallest absolute Gasteiger partial charge is 0.280 e. The van der Waals surface area contributed by atoms with Gasteiger partial charge >= 0.3 is 0 Å². The van der Waals surface area contributed by atoms with Crippen molar-refractivity contribution in [3.05, 3.63) is 81.2 Å². The second-order valence-electron chi connectivity index (χ2n) is 5.86. The van der Waals surface area contributed by atoms with Crippen molar-refractivity contribution in [1.29, 1.82) is 0 Å². The zero-order valence-corrected chi connectivity index (χ0v) is 14.5. The maximum atomic E-state index is 12.7. The van der Waals surface area contributed by atoms with E-state index in [4.69, 9.17) is 16.0 Å². The Kier molecular flexibility index (Phi) is 3.93. The van der Waals surface area contributed by atoms with E-state index in [1.165, 1.54) is 17.3 Å². The molecule has 0 atom stereocenters. The molecule has 0 unspecified atom stereocenters. The molecule has 3 aromatic rings. The van der Waals surface area contributed by atoms with Crippen LogP contribution in [0.1, 0.15) is 12.5 Å². The van der Waals surface area contributed by atoms with Crippen molar-refractivity contribution < 1.29 is 9.21 Å². The fourth-order valence-corrected chi connectivity index (χ4v) is 2.97. The maximum Gasteiger partial charge on any atom is 0.280 e. The lowest BCUT2D eigenvalue weighted by molar-refractivity contribution is -0.114. The Labute approximate surface area is 153 Å². The molecule has 6 heteroatoms. The van der Waals surface area contributed by atoms with Crippen molar-refractivity contribution in [3.8, 4) is 0 Å². The Bertz CT molecular complexity index is 1150. The van der Waals surface area contributed by atoms with Gasteiger partial charge in [0.05, 0.1) is 27.9 Å². The minimum Gasteiger partial charge on any atom is -0.463 e.